The molecule has 2 atom stereocenters. The molecule has 2 unspecified atom stereocenters. The molecule has 4 N–H and O–H groups in total. The van der Waals surface area contributed by atoms with Gasteiger partial charge in [0, 0.05) is 6.42 Å². The number of hydrogen-bond acceptors (Lipinski definition) is 3. The van der Waals surface area contributed by atoms with Gasteiger partial charge in [0.25, 0.3) is 0 Å². The number of aliphatic carboxylic acids is 1. The maximum Gasteiger partial charge on any atom is 0.330 e. The molecule has 0 spiro atoms. The molecule has 0 aliphatic carbocycles. The quantitative estimate of drug-likeness (QED) is 0.692. The highest BCUT2D eigenvalue weighted by molar-refractivity contribution is 5.84. The summed E-state index contributed by atoms with van der Waals surface area (Å²) in [6.07, 6.45) is 0.943. The summed E-state index contributed by atoms with van der Waals surface area (Å²) < 4.78 is 0. The molecule has 1 amide bonds. The number of carboxylic acids is 1. The zero-order valence-corrected chi connectivity index (χ0v) is 11.0. The van der Waals surface area contributed by atoms with E-state index in [1.165, 1.54) is 0 Å². The normalized spacial score (nSPS) is 13.6. The van der Waals surface area contributed by atoms with Crippen LogP contribution in [0.15, 0.2) is 30.3 Å². The second kappa shape index (κ2) is 7.53. The third-order valence-corrected chi connectivity index (χ3v) is 2.95. The standard InChI is InChI=1S/C14H20N2O3/c1-10(9-15)7-8-12(17)16-13(14(18)19)11-5-3-2-4-6-11/h2-6,10,13H,7-9,15H2,1H3,(H,16,17)(H,18,19). The van der Waals surface area contributed by atoms with Crippen LogP contribution in [0.3, 0.4) is 0 Å². The van der Waals surface area contributed by atoms with Gasteiger partial charge in [-0.15, -0.1) is 0 Å². The molecule has 0 bridgehead atoms. The first-order valence-corrected chi connectivity index (χ1v) is 6.31. The van der Waals surface area contributed by atoms with E-state index in [1.54, 1.807) is 30.3 Å². The van der Waals surface area contributed by atoms with Crippen molar-refractivity contribution in [1.29, 1.82) is 0 Å². The van der Waals surface area contributed by atoms with E-state index in [9.17, 15) is 9.59 Å². The molecule has 1 aromatic carbocycles. The average Bonchev–Trinajstić information content (AvgIpc) is 2.42. The number of hydrogen-bond donors (Lipinski definition) is 3. The Bertz CT molecular complexity index is 420. The predicted octanol–water partition coefficient (Wildman–Crippen LogP) is 1.30. The lowest BCUT2D eigenvalue weighted by Crippen LogP contribution is -2.34. The molecule has 0 saturated carbocycles. The molecule has 19 heavy (non-hydrogen) atoms. The Kier molecular flexibility index (Phi) is 6.02. The lowest BCUT2D eigenvalue weighted by molar-refractivity contribution is -0.142. The molecule has 0 radical (unpaired) electrons. The van der Waals surface area contributed by atoms with Gasteiger partial charge in [0.2, 0.25) is 5.91 Å². The summed E-state index contributed by atoms with van der Waals surface area (Å²) in [6.45, 7) is 2.48. The number of rotatable bonds is 7. The van der Waals surface area contributed by atoms with Crippen LogP contribution in [0.2, 0.25) is 0 Å². The first kappa shape index (κ1) is 15.2. The van der Waals surface area contributed by atoms with Crippen LogP contribution in [0.4, 0.5) is 0 Å². The second-order valence-electron chi connectivity index (χ2n) is 4.63. The molecular weight excluding hydrogens is 244 g/mol. The van der Waals surface area contributed by atoms with Crippen molar-refractivity contribution >= 4 is 11.9 Å². The van der Waals surface area contributed by atoms with E-state index in [2.05, 4.69) is 5.32 Å². The average molecular weight is 264 g/mol. The van der Waals surface area contributed by atoms with Crippen LogP contribution in [0, 0.1) is 5.92 Å². The Morgan fingerprint density at radius 3 is 2.47 bits per heavy atom. The third kappa shape index (κ3) is 5.09. The summed E-state index contributed by atoms with van der Waals surface area (Å²) in [5, 5.41) is 11.7. The second-order valence-corrected chi connectivity index (χ2v) is 4.63. The van der Waals surface area contributed by atoms with E-state index in [0.717, 1.165) is 0 Å². The van der Waals surface area contributed by atoms with Gasteiger partial charge in [-0.3, -0.25) is 4.79 Å². The predicted molar refractivity (Wildman–Crippen MR) is 72.4 cm³/mol. The zero-order chi connectivity index (χ0) is 14.3. The maximum absolute atomic E-state index is 11.7. The summed E-state index contributed by atoms with van der Waals surface area (Å²) in [4.78, 5) is 22.9. The van der Waals surface area contributed by atoms with Crippen LogP contribution in [-0.4, -0.2) is 23.5 Å². The highest BCUT2D eigenvalue weighted by Gasteiger charge is 2.21. The van der Waals surface area contributed by atoms with Crippen molar-refractivity contribution in [3.8, 4) is 0 Å². The molecular formula is C14H20N2O3. The van der Waals surface area contributed by atoms with E-state index >= 15 is 0 Å². The molecule has 0 aromatic heterocycles. The van der Waals surface area contributed by atoms with Crippen molar-refractivity contribution in [3.05, 3.63) is 35.9 Å². The summed E-state index contributed by atoms with van der Waals surface area (Å²) in [5.74, 6) is -1.08. The molecule has 1 aromatic rings. The summed E-state index contributed by atoms with van der Waals surface area (Å²) in [7, 11) is 0. The fourth-order valence-corrected chi connectivity index (χ4v) is 1.66. The van der Waals surface area contributed by atoms with Gasteiger partial charge in [-0.05, 0) is 24.4 Å². The van der Waals surface area contributed by atoms with E-state index < -0.39 is 12.0 Å². The molecule has 0 saturated heterocycles. The maximum atomic E-state index is 11.7. The number of carboxylic acid groups (broad SMARTS) is 1. The van der Waals surface area contributed by atoms with Crippen LogP contribution in [0.5, 0.6) is 0 Å². The van der Waals surface area contributed by atoms with E-state index in [-0.39, 0.29) is 18.2 Å². The van der Waals surface area contributed by atoms with Crippen LogP contribution in [0.1, 0.15) is 31.4 Å². The fourth-order valence-electron chi connectivity index (χ4n) is 1.66. The number of carbonyl (C=O) groups is 2. The van der Waals surface area contributed by atoms with E-state index in [4.69, 9.17) is 10.8 Å². The minimum atomic E-state index is -1.06. The van der Waals surface area contributed by atoms with Gasteiger partial charge in [-0.25, -0.2) is 4.79 Å². The molecule has 0 aliphatic rings. The molecule has 0 aliphatic heterocycles. The third-order valence-electron chi connectivity index (χ3n) is 2.95. The highest BCUT2D eigenvalue weighted by atomic mass is 16.4. The zero-order valence-electron chi connectivity index (χ0n) is 11.0. The van der Waals surface area contributed by atoms with Crippen molar-refractivity contribution in [2.45, 2.75) is 25.8 Å². The van der Waals surface area contributed by atoms with Gasteiger partial charge < -0.3 is 16.2 Å². The largest absolute Gasteiger partial charge is 0.479 e. The molecule has 5 nitrogen and oxygen atoms in total. The Hall–Kier alpha value is -1.88. The van der Waals surface area contributed by atoms with Crippen LogP contribution in [0.25, 0.3) is 0 Å². The Labute approximate surface area is 112 Å². The first-order chi connectivity index (χ1) is 9.04. The van der Waals surface area contributed by atoms with Crippen molar-refractivity contribution in [3.63, 3.8) is 0 Å². The summed E-state index contributed by atoms with van der Waals surface area (Å²) in [6, 6.07) is 7.65. The molecule has 0 heterocycles. The topological polar surface area (TPSA) is 92.4 Å². The molecule has 104 valence electrons. The van der Waals surface area contributed by atoms with Gasteiger partial charge in [-0.1, -0.05) is 37.3 Å². The van der Waals surface area contributed by atoms with Crippen LogP contribution < -0.4 is 11.1 Å². The van der Waals surface area contributed by atoms with Crippen LogP contribution in [-0.2, 0) is 9.59 Å². The summed E-state index contributed by atoms with van der Waals surface area (Å²) in [5.41, 5.74) is 6.04. The SMILES string of the molecule is CC(CN)CCC(=O)NC(C(=O)O)c1ccccc1. The first-order valence-electron chi connectivity index (χ1n) is 6.31. The number of amides is 1. The minimum absolute atomic E-state index is 0.255. The highest BCUT2D eigenvalue weighted by Crippen LogP contribution is 2.13. The Morgan fingerprint density at radius 2 is 1.95 bits per heavy atom. The van der Waals surface area contributed by atoms with Gasteiger partial charge in [0.1, 0.15) is 0 Å². The van der Waals surface area contributed by atoms with E-state index in [0.29, 0.717) is 18.5 Å². The number of nitrogens with two attached hydrogens (primary N) is 1. The van der Waals surface area contributed by atoms with E-state index in [1.807, 2.05) is 6.92 Å². The van der Waals surface area contributed by atoms with Crippen LogP contribution >= 0.6 is 0 Å². The lowest BCUT2D eigenvalue weighted by Gasteiger charge is -2.15. The molecule has 5 heteroatoms. The lowest BCUT2D eigenvalue weighted by atomic mass is 10.0. The Morgan fingerprint density at radius 1 is 1.32 bits per heavy atom. The molecule has 0 fully saturated rings. The Balaban J connectivity index is 2.60. The van der Waals surface area contributed by atoms with Gasteiger partial charge in [0.15, 0.2) is 6.04 Å². The number of nitrogens with one attached hydrogen (secondary N) is 1. The minimum Gasteiger partial charge on any atom is -0.479 e. The van der Waals surface area contributed by atoms with Gasteiger partial charge in [-0.2, -0.15) is 0 Å². The smallest absolute Gasteiger partial charge is 0.330 e. The summed E-state index contributed by atoms with van der Waals surface area (Å²) >= 11 is 0. The number of carbonyl (C=O) groups excluding carboxylic acids is 1. The van der Waals surface area contributed by atoms with Gasteiger partial charge >= 0.3 is 5.97 Å². The molecule has 1 rings (SSSR count). The monoisotopic (exact) mass is 264 g/mol. The van der Waals surface area contributed by atoms with Crippen molar-refractivity contribution in [1.82, 2.24) is 5.32 Å². The fraction of sp³-hybridized carbons (Fsp3) is 0.429. The van der Waals surface area contributed by atoms with Crippen molar-refractivity contribution in [2.24, 2.45) is 11.7 Å². The van der Waals surface area contributed by atoms with Gasteiger partial charge in [0.05, 0.1) is 0 Å². The number of benzene rings is 1. The van der Waals surface area contributed by atoms with Crippen molar-refractivity contribution in [2.75, 3.05) is 6.54 Å². The van der Waals surface area contributed by atoms with Crippen molar-refractivity contribution < 1.29 is 14.7 Å².